The number of hydrogen-bond donors (Lipinski definition) is 1. The number of hydrogen-bond acceptors (Lipinski definition) is 2. The zero-order valence-electron chi connectivity index (χ0n) is 13.6. The highest BCUT2D eigenvalue weighted by molar-refractivity contribution is 5.82. The van der Waals surface area contributed by atoms with Crippen LogP contribution >= 0.6 is 0 Å². The normalized spacial score (nSPS) is 56.5. The van der Waals surface area contributed by atoms with Crippen LogP contribution in [0.5, 0.6) is 0 Å². The molecule has 2 heteroatoms. The fourth-order valence-corrected chi connectivity index (χ4v) is 7.13. The predicted octanol–water partition coefficient (Wildman–Crippen LogP) is 3.96. The summed E-state index contributed by atoms with van der Waals surface area (Å²) in [4.78, 5) is 12.4. The van der Waals surface area contributed by atoms with E-state index in [9.17, 15) is 9.90 Å². The zero-order chi connectivity index (χ0) is 14.8. The first kappa shape index (κ1) is 14.2. The molecule has 4 aliphatic carbocycles. The molecule has 0 saturated heterocycles. The summed E-state index contributed by atoms with van der Waals surface area (Å²) in [6.07, 6.45) is 10.1. The van der Waals surface area contributed by atoms with Crippen molar-refractivity contribution in [2.24, 2.45) is 34.5 Å². The summed E-state index contributed by atoms with van der Waals surface area (Å²) in [6, 6.07) is 0. The van der Waals surface area contributed by atoms with E-state index in [0.29, 0.717) is 17.6 Å². The molecule has 4 rings (SSSR count). The van der Waals surface area contributed by atoms with Crippen LogP contribution in [0, 0.1) is 34.5 Å². The van der Waals surface area contributed by atoms with Gasteiger partial charge in [-0.15, -0.1) is 0 Å². The number of carbonyl (C=O) groups excluding carboxylic acids is 1. The largest absolute Gasteiger partial charge is 0.393 e. The number of aliphatic hydroxyl groups excluding tert-OH is 1. The maximum Gasteiger partial charge on any atom is 0.136 e. The van der Waals surface area contributed by atoms with Gasteiger partial charge in [0.15, 0.2) is 0 Å². The Balaban J connectivity index is 1.66. The molecule has 7 atom stereocenters. The van der Waals surface area contributed by atoms with Crippen molar-refractivity contribution in [3.63, 3.8) is 0 Å². The van der Waals surface area contributed by atoms with E-state index in [1.165, 1.54) is 32.1 Å². The van der Waals surface area contributed by atoms with E-state index in [4.69, 9.17) is 0 Å². The third-order valence-corrected chi connectivity index (χ3v) is 8.35. The Labute approximate surface area is 128 Å². The molecular weight excluding hydrogens is 260 g/mol. The van der Waals surface area contributed by atoms with Gasteiger partial charge in [-0.1, -0.05) is 13.8 Å². The Morgan fingerprint density at radius 1 is 0.952 bits per heavy atom. The van der Waals surface area contributed by atoms with Gasteiger partial charge < -0.3 is 5.11 Å². The minimum atomic E-state index is -0.0815. The fraction of sp³-hybridized carbons (Fsp3) is 0.947. The highest BCUT2D eigenvalue weighted by Crippen LogP contribution is 2.65. The van der Waals surface area contributed by atoms with Crippen molar-refractivity contribution in [2.75, 3.05) is 0 Å². The van der Waals surface area contributed by atoms with E-state index < -0.39 is 0 Å². The first-order chi connectivity index (χ1) is 9.97. The maximum atomic E-state index is 12.4. The minimum Gasteiger partial charge on any atom is -0.393 e. The van der Waals surface area contributed by atoms with Crippen LogP contribution in [0.3, 0.4) is 0 Å². The average Bonchev–Trinajstić information content (AvgIpc) is 2.75. The van der Waals surface area contributed by atoms with Crippen molar-refractivity contribution >= 4 is 5.78 Å². The van der Waals surface area contributed by atoms with Crippen LogP contribution < -0.4 is 0 Å². The molecule has 0 spiro atoms. The van der Waals surface area contributed by atoms with Gasteiger partial charge in [-0.2, -0.15) is 0 Å². The highest BCUT2D eigenvalue weighted by Gasteiger charge is 2.60. The van der Waals surface area contributed by atoms with Gasteiger partial charge in [-0.25, -0.2) is 0 Å². The molecule has 0 amide bonds. The Hall–Kier alpha value is -0.370. The molecule has 0 aromatic rings. The Bertz CT molecular complexity index is 458. The highest BCUT2D eigenvalue weighted by atomic mass is 16.3. The van der Waals surface area contributed by atoms with E-state index in [1.54, 1.807) is 0 Å². The number of Topliss-reactive ketones (excluding diaryl/α,β-unsaturated/α-hetero) is 1. The predicted molar refractivity (Wildman–Crippen MR) is 82.7 cm³/mol. The summed E-state index contributed by atoms with van der Waals surface area (Å²) >= 11 is 0. The van der Waals surface area contributed by atoms with Gasteiger partial charge in [0.1, 0.15) is 5.78 Å². The lowest BCUT2D eigenvalue weighted by Crippen LogP contribution is -2.55. The summed E-state index contributed by atoms with van der Waals surface area (Å²) in [6.45, 7) is 4.77. The van der Waals surface area contributed by atoms with Crippen LogP contribution in [0.4, 0.5) is 0 Å². The second kappa shape index (κ2) is 4.57. The second-order valence-corrected chi connectivity index (χ2v) is 8.97. The standard InChI is InChI=1S/C19H30O2/c1-18-10-3-4-16(20)15(18)6-5-12-13-7-8-17(21)19(13,2)11-9-14(12)18/h12-15,17,21H,3-11H2,1-2H3/t12-,13-,14+,15?,17?,18+,19-/m0/s1. The lowest BCUT2D eigenvalue weighted by molar-refractivity contribution is -0.150. The van der Waals surface area contributed by atoms with Gasteiger partial charge in [-0.05, 0) is 80.0 Å². The molecule has 0 aromatic heterocycles. The molecular formula is C19H30O2. The van der Waals surface area contributed by atoms with Crippen molar-refractivity contribution < 1.29 is 9.90 Å². The molecule has 4 saturated carbocycles. The van der Waals surface area contributed by atoms with E-state index in [-0.39, 0.29) is 16.9 Å². The van der Waals surface area contributed by atoms with Crippen LogP contribution in [0.15, 0.2) is 0 Å². The molecule has 4 fully saturated rings. The quantitative estimate of drug-likeness (QED) is 0.733. The number of fused-ring (bicyclic) bond motifs is 5. The monoisotopic (exact) mass is 290 g/mol. The lowest BCUT2D eigenvalue weighted by atomic mass is 9.45. The number of ketones is 1. The van der Waals surface area contributed by atoms with Gasteiger partial charge in [0.25, 0.3) is 0 Å². The van der Waals surface area contributed by atoms with Crippen molar-refractivity contribution in [1.29, 1.82) is 0 Å². The molecule has 0 aliphatic heterocycles. The van der Waals surface area contributed by atoms with Crippen LogP contribution in [-0.4, -0.2) is 17.0 Å². The first-order valence-electron chi connectivity index (χ1n) is 9.17. The molecule has 4 aliphatic rings. The van der Waals surface area contributed by atoms with Crippen LogP contribution in [0.2, 0.25) is 0 Å². The lowest BCUT2D eigenvalue weighted by Gasteiger charge is -2.59. The van der Waals surface area contributed by atoms with Gasteiger partial charge in [-0.3, -0.25) is 4.79 Å². The molecule has 0 bridgehead atoms. The number of aliphatic hydroxyl groups is 1. The topological polar surface area (TPSA) is 37.3 Å². The minimum absolute atomic E-state index is 0.0815. The van der Waals surface area contributed by atoms with Gasteiger partial charge in [0.05, 0.1) is 6.10 Å². The molecule has 0 radical (unpaired) electrons. The average molecular weight is 290 g/mol. The van der Waals surface area contributed by atoms with E-state index in [2.05, 4.69) is 13.8 Å². The SMILES string of the molecule is C[C@]12CCCC(=O)C1CC[C@@H]1[C@H]2CC[C@]2(C)C(O)CC[C@@H]12. The summed E-state index contributed by atoms with van der Waals surface area (Å²) in [5.41, 5.74) is 0.441. The Kier molecular flexibility index (Phi) is 3.10. The third-order valence-electron chi connectivity index (χ3n) is 8.35. The molecule has 2 unspecified atom stereocenters. The zero-order valence-corrected chi connectivity index (χ0v) is 13.6. The third kappa shape index (κ3) is 1.77. The summed E-state index contributed by atoms with van der Waals surface area (Å²) in [5, 5.41) is 10.5. The van der Waals surface area contributed by atoms with E-state index in [0.717, 1.165) is 37.5 Å². The van der Waals surface area contributed by atoms with Crippen molar-refractivity contribution in [1.82, 2.24) is 0 Å². The van der Waals surface area contributed by atoms with Crippen LogP contribution in [-0.2, 0) is 4.79 Å². The Morgan fingerprint density at radius 2 is 1.71 bits per heavy atom. The number of carbonyl (C=O) groups is 1. The molecule has 1 N–H and O–H groups in total. The molecule has 0 heterocycles. The summed E-state index contributed by atoms with van der Waals surface area (Å²) < 4.78 is 0. The summed E-state index contributed by atoms with van der Waals surface area (Å²) in [7, 11) is 0. The van der Waals surface area contributed by atoms with Crippen LogP contribution in [0.1, 0.15) is 71.6 Å². The Morgan fingerprint density at radius 3 is 2.52 bits per heavy atom. The van der Waals surface area contributed by atoms with Crippen LogP contribution in [0.25, 0.3) is 0 Å². The van der Waals surface area contributed by atoms with E-state index in [1.807, 2.05) is 0 Å². The molecule has 2 nitrogen and oxygen atoms in total. The molecule has 0 aromatic carbocycles. The van der Waals surface area contributed by atoms with Crippen molar-refractivity contribution in [3.05, 3.63) is 0 Å². The fourth-order valence-electron chi connectivity index (χ4n) is 7.13. The maximum absolute atomic E-state index is 12.4. The van der Waals surface area contributed by atoms with E-state index >= 15 is 0 Å². The smallest absolute Gasteiger partial charge is 0.136 e. The molecule has 21 heavy (non-hydrogen) atoms. The second-order valence-electron chi connectivity index (χ2n) is 8.97. The van der Waals surface area contributed by atoms with Gasteiger partial charge >= 0.3 is 0 Å². The van der Waals surface area contributed by atoms with Crippen molar-refractivity contribution in [2.45, 2.75) is 77.7 Å². The van der Waals surface area contributed by atoms with Crippen molar-refractivity contribution in [3.8, 4) is 0 Å². The first-order valence-corrected chi connectivity index (χ1v) is 9.17. The molecule has 118 valence electrons. The number of rotatable bonds is 0. The summed E-state index contributed by atoms with van der Waals surface area (Å²) in [5.74, 6) is 3.13. The van der Waals surface area contributed by atoms with Gasteiger partial charge in [0, 0.05) is 12.3 Å². The van der Waals surface area contributed by atoms with Gasteiger partial charge in [0.2, 0.25) is 0 Å².